The summed E-state index contributed by atoms with van der Waals surface area (Å²) < 4.78 is 0. The summed E-state index contributed by atoms with van der Waals surface area (Å²) >= 11 is 0. The Labute approximate surface area is 121 Å². The number of aromatic nitrogens is 2. The van der Waals surface area contributed by atoms with Gasteiger partial charge in [0, 0.05) is 32.2 Å². The minimum absolute atomic E-state index is 0.295. The Hall–Kier alpha value is -1.56. The van der Waals surface area contributed by atoms with E-state index in [0.29, 0.717) is 5.95 Å². The van der Waals surface area contributed by atoms with Crippen LogP contribution in [0.25, 0.3) is 0 Å². The molecule has 1 aliphatic rings. The highest BCUT2D eigenvalue weighted by atomic mass is 15.2. The maximum Gasteiger partial charge on any atom is 0.223 e. The lowest BCUT2D eigenvalue weighted by molar-refractivity contribution is 0.160. The van der Waals surface area contributed by atoms with E-state index in [1.54, 1.807) is 0 Å². The largest absolute Gasteiger partial charge is 0.373 e. The molecule has 0 spiro atoms. The first kappa shape index (κ1) is 14.8. The van der Waals surface area contributed by atoms with Crippen molar-refractivity contribution in [1.29, 1.82) is 0 Å². The van der Waals surface area contributed by atoms with Gasteiger partial charge in [-0.1, -0.05) is 6.42 Å². The number of nitrogens with two attached hydrogens (primary N) is 1. The Bertz CT molecular complexity index is 422. The van der Waals surface area contributed by atoms with Gasteiger partial charge in [-0.15, -0.1) is 0 Å². The van der Waals surface area contributed by atoms with Crippen LogP contribution in [0.3, 0.4) is 0 Å². The minimum atomic E-state index is 0.295. The quantitative estimate of drug-likeness (QED) is 0.688. The summed E-state index contributed by atoms with van der Waals surface area (Å²) in [7, 11) is 1.82. The van der Waals surface area contributed by atoms with Crippen LogP contribution in [0.1, 0.15) is 32.6 Å². The summed E-state index contributed by atoms with van der Waals surface area (Å²) in [6.45, 7) is 5.62. The smallest absolute Gasteiger partial charge is 0.223 e. The van der Waals surface area contributed by atoms with Gasteiger partial charge in [-0.25, -0.2) is 0 Å². The van der Waals surface area contributed by atoms with E-state index in [2.05, 4.69) is 32.4 Å². The highest BCUT2D eigenvalue weighted by Crippen LogP contribution is 2.16. The van der Waals surface area contributed by atoms with Gasteiger partial charge in [0.05, 0.1) is 0 Å². The number of hydrogen-bond donors (Lipinski definition) is 3. The maximum absolute atomic E-state index is 5.66. The second-order valence-electron chi connectivity index (χ2n) is 5.41. The van der Waals surface area contributed by atoms with E-state index in [1.165, 1.54) is 25.8 Å². The summed E-state index contributed by atoms with van der Waals surface area (Å²) in [6, 6.07) is 2.61. The summed E-state index contributed by atoms with van der Waals surface area (Å²) in [6.07, 6.45) is 5.17. The molecule has 2 heterocycles. The van der Waals surface area contributed by atoms with Crippen molar-refractivity contribution in [3.8, 4) is 0 Å². The Morgan fingerprint density at radius 2 is 2.15 bits per heavy atom. The van der Waals surface area contributed by atoms with Crippen LogP contribution in [0.5, 0.6) is 0 Å². The van der Waals surface area contributed by atoms with Crippen molar-refractivity contribution in [3.05, 3.63) is 6.07 Å². The zero-order valence-electron chi connectivity index (χ0n) is 12.5. The van der Waals surface area contributed by atoms with Crippen LogP contribution in [-0.2, 0) is 0 Å². The van der Waals surface area contributed by atoms with Gasteiger partial charge in [-0.2, -0.15) is 9.97 Å². The lowest BCUT2D eigenvalue weighted by Crippen LogP contribution is -2.38. The van der Waals surface area contributed by atoms with E-state index in [9.17, 15) is 0 Å². The third-order valence-electron chi connectivity index (χ3n) is 3.87. The highest BCUT2D eigenvalue weighted by Gasteiger charge is 2.16. The van der Waals surface area contributed by atoms with Gasteiger partial charge in [0.25, 0.3) is 0 Å². The molecule has 1 fully saturated rings. The fraction of sp³-hybridized carbons (Fsp3) is 0.714. The van der Waals surface area contributed by atoms with E-state index in [4.69, 9.17) is 5.73 Å². The highest BCUT2D eigenvalue weighted by molar-refractivity contribution is 5.50. The number of likely N-dealkylation sites (tertiary alicyclic amines) is 1. The molecule has 2 rings (SSSR count). The molecule has 1 saturated heterocycles. The van der Waals surface area contributed by atoms with Gasteiger partial charge in [0.15, 0.2) is 0 Å². The predicted octanol–water partition coefficient (Wildman–Crippen LogP) is 1.78. The Kier molecular flexibility index (Phi) is 5.40. The van der Waals surface area contributed by atoms with Gasteiger partial charge in [0.1, 0.15) is 11.6 Å². The molecule has 4 N–H and O–H groups in total. The van der Waals surface area contributed by atoms with Crippen molar-refractivity contribution in [2.75, 3.05) is 43.0 Å². The molecule has 6 nitrogen and oxygen atoms in total. The Morgan fingerprint density at radius 1 is 1.35 bits per heavy atom. The summed E-state index contributed by atoms with van der Waals surface area (Å²) in [5, 5.41) is 6.29. The van der Waals surface area contributed by atoms with Gasteiger partial charge in [0.2, 0.25) is 5.95 Å². The third kappa shape index (κ3) is 4.23. The van der Waals surface area contributed by atoms with Crippen LogP contribution in [0.15, 0.2) is 6.07 Å². The molecular formula is C14H26N6. The third-order valence-corrected chi connectivity index (χ3v) is 3.87. The molecule has 0 saturated carbocycles. The van der Waals surface area contributed by atoms with Crippen molar-refractivity contribution in [1.82, 2.24) is 14.9 Å². The summed E-state index contributed by atoms with van der Waals surface area (Å²) in [4.78, 5) is 10.8. The topological polar surface area (TPSA) is 79.1 Å². The first-order valence-corrected chi connectivity index (χ1v) is 7.49. The molecule has 0 bridgehead atoms. The van der Waals surface area contributed by atoms with Crippen LogP contribution < -0.4 is 16.4 Å². The molecule has 0 aliphatic carbocycles. The Balaban J connectivity index is 1.74. The monoisotopic (exact) mass is 278 g/mol. The zero-order chi connectivity index (χ0) is 14.4. The minimum Gasteiger partial charge on any atom is -0.373 e. The van der Waals surface area contributed by atoms with Crippen molar-refractivity contribution < 1.29 is 0 Å². The molecule has 6 heteroatoms. The van der Waals surface area contributed by atoms with Gasteiger partial charge in [-0.3, -0.25) is 0 Å². The van der Waals surface area contributed by atoms with E-state index in [0.717, 1.165) is 37.2 Å². The van der Waals surface area contributed by atoms with Crippen molar-refractivity contribution in [3.63, 3.8) is 0 Å². The van der Waals surface area contributed by atoms with Gasteiger partial charge in [-0.05, 0) is 32.7 Å². The summed E-state index contributed by atoms with van der Waals surface area (Å²) in [5.74, 6) is 1.82. The van der Waals surface area contributed by atoms with Crippen molar-refractivity contribution >= 4 is 17.6 Å². The molecule has 20 heavy (non-hydrogen) atoms. The normalized spacial score (nSPS) is 19.8. The van der Waals surface area contributed by atoms with Gasteiger partial charge >= 0.3 is 0 Å². The number of rotatable bonds is 6. The molecule has 0 radical (unpaired) electrons. The van der Waals surface area contributed by atoms with Crippen molar-refractivity contribution in [2.45, 2.75) is 38.6 Å². The molecule has 112 valence electrons. The summed E-state index contributed by atoms with van der Waals surface area (Å²) in [5.41, 5.74) is 5.66. The first-order valence-electron chi connectivity index (χ1n) is 7.49. The van der Waals surface area contributed by atoms with E-state index in [-0.39, 0.29) is 0 Å². The van der Waals surface area contributed by atoms with Crippen LogP contribution >= 0.6 is 0 Å². The molecule has 1 aliphatic heterocycles. The maximum atomic E-state index is 5.66. The predicted molar refractivity (Wildman–Crippen MR) is 84.0 cm³/mol. The fourth-order valence-corrected chi connectivity index (χ4v) is 2.67. The number of nitrogens with zero attached hydrogens (tertiary/aromatic N) is 3. The number of anilines is 3. The molecular weight excluding hydrogens is 252 g/mol. The average molecular weight is 278 g/mol. The van der Waals surface area contributed by atoms with Crippen molar-refractivity contribution in [2.24, 2.45) is 0 Å². The molecule has 1 aromatic rings. The Morgan fingerprint density at radius 3 is 2.90 bits per heavy atom. The van der Waals surface area contributed by atoms with Crippen LogP contribution in [0, 0.1) is 0 Å². The number of nitrogen functional groups attached to an aromatic ring is 1. The van der Waals surface area contributed by atoms with E-state index >= 15 is 0 Å². The average Bonchev–Trinajstić information content (AvgIpc) is 2.44. The first-order chi connectivity index (χ1) is 9.69. The van der Waals surface area contributed by atoms with Crippen LogP contribution in [-0.4, -0.2) is 47.6 Å². The standard InChI is InChI=1S/C14H26N6/c1-11-6-3-4-8-20(11)9-5-7-17-13-10-12(16-2)18-14(15)19-13/h10-11H,3-9H2,1-2H3,(H4,15,16,17,18,19). The fourth-order valence-electron chi connectivity index (χ4n) is 2.67. The van der Waals surface area contributed by atoms with Gasteiger partial charge < -0.3 is 21.3 Å². The molecule has 1 aromatic heterocycles. The van der Waals surface area contributed by atoms with E-state index in [1.807, 2.05) is 13.1 Å². The second kappa shape index (κ2) is 7.28. The van der Waals surface area contributed by atoms with E-state index < -0.39 is 0 Å². The number of hydrogen-bond acceptors (Lipinski definition) is 6. The molecule has 0 aromatic carbocycles. The number of nitrogens with one attached hydrogen (secondary N) is 2. The molecule has 0 amide bonds. The lowest BCUT2D eigenvalue weighted by Gasteiger charge is -2.33. The molecule has 1 atom stereocenters. The number of piperidine rings is 1. The lowest BCUT2D eigenvalue weighted by atomic mass is 10.0. The SMILES string of the molecule is CNc1cc(NCCCN2CCCCC2C)nc(N)n1. The zero-order valence-corrected chi connectivity index (χ0v) is 12.5. The second-order valence-corrected chi connectivity index (χ2v) is 5.41. The molecule has 1 unspecified atom stereocenters. The van der Waals surface area contributed by atoms with Crippen LogP contribution in [0.2, 0.25) is 0 Å². The van der Waals surface area contributed by atoms with Crippen LogP contribution in [0.4, 0.5) is 17.6 Å².